The minimum atomic E-state index is 0.241. The maximum absolute atomic E-state index is 11.6. The highest BCUT2D eigenvalue weighted by molar-refractivity contribution is 5.95. The Balaban J connectivity index is 1.99. The zero-order chi connectivity index (χ0) is 13.2. The molecule has 1 fully saturated rings. The van der Waals surface area contributed by atoms with Gasteiger partial charge >= 0.3 is 0 Å². The fourth-order valence-electron chi connectivity index (χ4n) is 2.05. The number of hydrogen-bond donors (Lipinski definition) is 1. The molecule has 1 aliphatic heterocycles. The van der Waals surface area contributed by atoms with Gasteiger partial charge in [-0.25, -0.2) is 0 Å². The number of nitrogens with zero attached hydrogens (tertiary/aromatic N) is 1. The van der Waals surface area contributed by atoms with Gasteiger partial charge in [-0.15, -0.1) is 0 Å². The van der Waals surface area contributed by atoms with Crippen molar-refractivity contribution in [2.24, 2.45) is 5.41 Å². The van der Waals surface area contributed by atoms with Crippen molar-refractivity contribution < 1.29 is 4.79 Å². The number of nitrogens with one attached hydrogen (secondary N) is 1. The van der Waals surface area contributed by atoms with E-state index in [2.05, 4.69) is 26.1 Å². The molecule has 2 rings (SSSR count). The summed E-state index contributed by atoms with van der Waals surface area (Å²) in [6.07, 6.45) is 1.66. The summed E-state index contributed by atoms with van der Waals surface area (Å²) in [6.45, 7) is 8.41. The van der Waals surface area contributed by atoms with Crippen LogP contribution in [-0.4, -0.2) is 19.0 Å². The van der Waals surface area contributed by atoms with Gasteiger partial charge in [0.1, 0.15) is 0 Å². The van der Waals surface area contributed by atoms with Crippen molar-refractivity contribution >= 4 is 17.3 Å². The number of hydrogen-bond acceptors (Lipinski definition) is 2. The summed E-state index contributed by atoms with van der Waals surface area (Å²) >= 11 is 0. The molecule has 0 spiro atoms. The number of amides is 1. The molecule has 18 heavy (non-hydrogen) atoms. The van der Waals surface area contributed by atoms with Crippen LogP contribution >= 0.6 is 0 Å². The van der Waals surface area contributed by atoms with Crippen LogP contribution in [0.4, 0.5) is 11.4 Å². The van der Waals surface area contributed by atoms with E-state index >= 15 is 0 Å². The first-order valence-electron chi connectivity index (χ1n) is 6.60. The van der Waals surface area contributed by atoms with Crippen molar-refractivity contribution in [2.75, 3.05) is 23.3 Å². The van der Waals surface area contributed by atoms with Crippen LogP contribution in [0.5, 0.6) is 0 Å². The smallest absolute Gasteiger partial charge is 0.227 e. The Morgan fingerprint density at radius 3 is 2.39 bits per heavy atom. The highest BCUT2D eigenvalue weighted by Crippen LogP contribution is 2.23. The van der Waals surface area contributed by atoms with Crippen molar-refractivity contribution in [1.82, 2.24) is 0 Å². The standard InChI is InChI=1S/C15H22N2O/c1-15(2,3)11-16-12-6-8-13(9-7-12)17-10-4-5-14(17)18/h6-9,16H,4-5,10-11H2,1-3H3. The quantitative estimate of drug-likeness (QED) is 0.887. The molecule has 0 aromatic heterocycles. The van der Waals surface area contributed by atoms with E-state index in [0.29, 0.717) is 6.42 Å². The van der Waals surface area contributed by atoms with Gasteiger partial charge in [-0.3, -0.25) is 4.79 Å². The van der Waals surface area contributed by atoms with Crippen molar-refractivity contribution in [1.29, 1.82) is 0 Å². The largest absolute Gasteiger partial charge is 0.385 e. The third-order valence-corrected chi connectivity index (χ3v) is 3.08. The van der Waals surface area contributed by atoms with E-state index < -0.39 is 0 Å². The maximum atomic E-state index is 11.6. The summed E-state index contributed by atoms with van der Waals surface area (Å²) in [5, 5.41) is 3.41. The Labute approximate surface area is 109 Å². The Morgan fingerprint density at radius 2 is 1.89 bits per heavy atom. The van der Waals surface area contributed by atoms with Crippen molar-refractivity contribution in [3.63, 3.8) is 0 Å². The lowest BCUT2D eigenvalue weighted by molar-refractivity contribution is -0.117. The molecule has 3 heteroatoms. The summed E-state index contributed by atoms with van der Waals surface area (Å²) in [7, 11) is 0. The predicted octanol–water partition coefficient (Wildman–Crippen LogP) is 3.27. The fraction of sp³-hybridized carbons (Fsp3) is 0.533. The molecule has 0 bridgehead atoms. The first kappa shape index (κ1) is 12.9. The second-order valence-corrected chi connectivity index (χ2v) is 6.11. The van der Waals surface area contributed by atoms with Gasteiger partial charge in [-0.1, -0.05) is 20.8 Å². The number of carbonyl (C=O) groups excluding carboxylic acids is 1. The molecule has 1 N–H and O–H groups in total. The summed E-state index contributed by atoms with van der Waals surface area (Å²) in [5.41, 5.74) is 2.39. The van der Waals surface area contributed by atoms with Crippen LogP contribution in [0.2, 0.25) is 0 Å². The summed E-state index contributed by atoms with van der Waals surface area (Å²) in [4.78, 5) is 13.5. The molecule has 98 valence electrons. The van der Waals surface area contributed by atoms with E-state index in [1.54, 1.807) is 0 Å². The maximum Gasteiger partial charge on any atom is 0.227 e. The molecule has 0 radical (unpaired) electrons. The lowest BCUT2D eigenvalue weighted by atomic mass is 9.97. The van der Waals surface area contributed by atoms with Crippen LogP contribution in [-0.2, 0) is 4.79 Å². The molecule has 0 aliphatic carbocycles. The molecule has 0 atom stereocenters. The molecule has 1 aliphatic rings. The molecule has 0 unspecified atom stereocenters. The van der Waals surface area contributed by atoms with Crippen LogP contribution < -0.4 is 10.2 Å². The van der Waals surface area contributed by atoms with Crippen LogP contribution in [0.3, 0.4) is 0 Å². The molecule has 1 saturated heterocycles. The first-order valence-corrected chi connectivity index (χ1v) is 6.60. The van der Waals surface area contributed by atoms with Gasteiger partial charge in [0.05, 0.1) is 0 Å². The molecule has 1 heterocycles. The summed E-state index contributed by atoms with van der Waals surface area (Å²) < 4.78 is 0. The normalized spacial score (nSPS) is 16.2. The SMILES string of the molecule is CC(C)(C)CNc1ccc(N2CCCC2=O)cc1. The van der Waals surface area contributed by atoms with Gasteiger partial charge in [0.2, 0.25) is 5.91 Å². The zero-order valence-electron chi connectivity index (χ0n) is 11.5. The molecule has 1 aromatic carbocycles. The topological polar surface area (TPSA) is 32.3 Å². The molecule has 0 saturated carbocycles. The molecule has 3 nitrogen and oxygen atoms in total. The molecular weight excluding hydrogens is 224 g/mol. The van der Waals surface area contributed by atoms with E-state index in [0.717, 1.165) is 30.9 Å². The van der Waals surface area contributed by atoms with Crippen LogP contribution in [0.1, 0.15) is 33.6 Å². The van der Waals surface area contributed by atoms with Crippen LogP contribution in [0.25, 0.3) is 0 Å². The average molecular weight is 246 g/mol. The predicted molar refractivity (Wildman–Crippen MR) is 76.0 cm³/mol. The Morgan fingerprint density at radius 1 is 1.22 bits per heavy atom. The summed E-state index contributed by atoms with van der Waals surface area (Å²) in [5.74, 6) is 0.241. The van der Waals surface area contributed by atoms with Gasteiger partial charge in [0.15, 0.2) is 0 Å². The van der Waals surface area contributed by atoms with E-state index in [1.807, 2.05) is 29.2 Å². The third-order valence-electron chi connectivity index (χ3n) is 3.08. The number of benzene rings is 1. The fourth-order valence-corrected chi connectivity index (χ4v) is 2.05. The van der Waals surface area contributed by atoms with E-state index in [4.69, 9.17) is 0 Å². The lowest BCUT2D eigenvalue weighted by Gasteiger charge is -2.20. The molecule has 1 aromatic rings. The van der Waals surface area contributed by atoms with E-state index in [1.165, 1.54) is 0 Å². The second-order valence-electron chi connectivity index (χ2n) is 6.11. The van der Waals surface area contributed by atoms with E-state index in [9.17, 15) is 4.79 Å². The number of rotatable bonds is 3. The van der Waals surface area contributed by atoms with Crippen molar-refractivity contribution in [3.8, 4) is 0 Å². The second kappa shape index (κ2) is 5.01. The summed E-state index contributed by atoms with van der Waals surface area (Å²) in [6, 6.07) is 8.14. The van der Waals surface area contributed by atoms with Crippen molar-refractivity contribution in [2.45, 2.75) is 33.6 Å². The Kier molecular flexibility index (Phi) is 3.60. The highest BCUT2D eigenvalue weighted by atomic mass is 16.2. The monoisotopic (exact) mass is 246 g/mol. The molecule has 1 amide bonds. The Bertz CT molecular complexity index is 417. The van der Waals surface area contributed by atoms with E-state index in [-0.39, 0.29) is 11.3 Å². The van der Waals surface area contributed by atoms with Gasteiger partial charge < -0.3 is 10.2 Å². The average Bonchev–Trinajstić information content (AvgIpc) is 2.73. The first-order chi connectivity index (χ1) is 8.46. The van der Waals surface area contributed by atoms with Crippen LogP contribution in [0, 0.1) is 5.41 Å². The highest BCUT2D eigenvalue weighted by Gasteiger charge is 2.21. The molecular formula is C15H22N2O. The van der Waals surface area contributed by atoms with Gasteiger partial charge in [-0.2, -0.15) is 0 Å². The van der Waals surface area contributed by atoms with Gasteiger partial charge in [0, 0.05) is 30.9 Å². The van der Waals surface area contributed by atoms with Crippen molar-refractivity contribution in [3.05, 3.63) is 24.3 Å². The van der Waals surface area contributed by atoms with Gasteiger partial charge in [-0.05, 0) is 36.1 Å². The lowest BCUT2D eigenvalue weighted by Crippen LogP contribution is -2.23. The minimum Gasteiger partial charge on any atom is -0.385 e. The minimum absolute atomic E-state index is 0.241. The van der Waals surface area contributed by atoms with Crippen LogP contribution in [0.15, 0.2) is 24.3 Å². The Hall–Kier alpha value is -1.51. The van der Waals surface area contributed by atoms with Gasteiger partial charge in [0.25, 0.3) is 0 Å². The number of carbonyl (C=O) groups is 1. The third kappa shape index (κ3) is 3.25. The number of anilines is 2. The zero-order valence-corrected chi connectivity index (χ0v) is 11.5.